The van der Waals surface area contributed by atoms with E-state index < -0.39 is 0 Å². The lowest BCUT2D eigenvalue weighted by molar-refractivity contribution is 0.967. The molecular weight excluding hydrogens is 595 g/mol. The molecule has 49 heavy (non-hydrogen) atoms. The molecule has 0 amide bonds. The molecule has 0 fully saturated rings. The predicted molar refractivity (Wildman–Crippen MR) is 203 cm³/mol. The second kappa shape index (κ2) is 12.4. The van der Waals surface area contributed by atoms with Gasteiger partial charge in [0.2, 0.25) is 0 Å². The second-order valence-corrected chi connectivity index (χ2v) is 12.6. The van der Waals surface area contributed by atoms with Gasteiger partial charge < -0.3 is 4.57 Å². The largest absolute Gasteiger partial charge is 0.310 e. The lowest BCUT2D eigenvalue weighted by Crippen LogP contribution is -2.00. The van der Waals surface area contributed by atoms with Gasteiger partial charge in [-0.1, -0.05) is 140 Å². The first-order valence-corrected chi connectivity index (χ1v) is 16.9. The standard InChI is InChI=1S/C46H33N3/c1-3-12-34(13-4-1)42-31-43(35-14-5-2-6-15-35)48-46(47-42)36-24-22-32(23-25-36)37-16-11-17-38(30-37)33-26-28-39(29-27-33)49-44-20-9-7-18-40(44)41-19-8-10-21-45(41)49/h1-7,9-18,20-31H,8,19H2. The van der Waals surface area contributed by atoms with Crippen molar-refractivity contribution in [2.75, 3.05) is 0 Å². The highest BCUT2D eigenvalue weighted by Crippen LogP contribution is 2.35. The molecule has 232 valence electrons. The third kappa shape index (κ3) is 5.46. The minimum absolute atomic E-state index is 0.716. The number of para-hydroxylation sites is 1. The quantitative estimate of drug-likeness (QED) is 0.184. The average molecular weight is 628 g/mol. The smallest absolute Gasteiger partial charge is 0.160 e. The van der Waals surface area contributed by atoms with E-state index in [4.69, 9.17) is 9.97 Å². The van der Waals surface area contributed by atoms with Crippen LogP contribution in [-0.2, 0) is 6.42 Å². The molecule has 0 spiro atoms. The average Bonchev–Trinajstić information content (AvgIpc) is 3.53. The molecule has 0 bridgehead atoms. The van der Waals surface area contributed by atoms with Crippen molar-refractivity contribution in [1.29, 1.82) is 0 Å². The van der Waals surface area contributed by atoms with Gasteiger partial charge in [0.05, 0.1) is 16.9 Å². The van der Waals surface area contributed by atoms with Crippen molar-refractivity contribution >= 4 is 17.0 Å². The Hall–Kier alpha value is -6.32. The number of benzene rings is 6. The van der Waals surface area contributed by atoms with Crippen LogP contribution in [0.1, 0.15) is 17.7 Å². The summed E-state index contributed by atoms with van der Waals surface area (Å²) in [7, 11) is 0. The van der Waals surface area contributed by atoms with E-state index in [1.165, 1.54) is 44.5 Å². The Morgan fingerprint density at radius 2 is 1.00 bits per heavy atom. The molecule has 0 N–H and O–H groups in total. The van der Waals surface area contributed by atoms with Crippen molar-refractivity contribution in [3.05, 3.63) is 181 Å². The molecule has 0 atom stereocenters. The normalized spacial score (nSPS) is 12.2. The second-order valence-electron chi connectivity index (χ2n) is 12.6. The summed E-state index contributed by atoms with van der Waals surface area (Å²) in [6.07, 6.45) is 6.77. The molecule has 0 aliphatic heterocycles. The van der Waals surface area contributed by atoms with Crippen molar-refractivity contribution < 1.29 is 0 Å². The molecule has 0 saturated heterocycles. The van der Waals surface area contributed by atoms with Crippen LogP contribution in [0.15, 0.2) is 170 Å². The zero-order valence-electron chi connectivity index (χ0n) is 27.0. The molecule has 6 aromatic carbocycles. The highest BCUT2D eigenvalue weighted by atomic mass is 15.0. The maximum atomic E-state index is 5.00. The number of rotatable bonds is 6. The maximum Gasteiger partial charge on any atom is 0.160 e. The molecule has 3 heteroatoms. The van der Waals surface area contributed by atoms with E-state index in [0.29, 0.717) is 5.82 Å². The molecule has 0 unspecified atom stereocenters. The third-order valence-corrected chi connectivity index (χ3v) is 9.52. The first-order chi connectivity index (χ1) is 24.3. The van der Waals surface area contributed by atoms with Crippen LogP contribution in [0.25, 0.3) is 78.8 Å². The van der Waals surface area contributed by atoms with Gasteiger partial charge in [-0.15, -0.1) is 0 Å². The van der Waals surface area contributed by atoms with Crippen molar-refractivity contribution in [3.8, 4) is 61.8 Å². The van der Waals surface area contributed by atoms with E-state index in [1.807, 2.05) is 36.4 Å². The molecule has 0 radical (unpaired) electrons. The van der Waals surface area contributed by atoms with Crippen LogP contribution in [0.5, 0.6) is 0 Å². The Balaban J connectivity index is 1.02. The Kier molecular flexibility index (Phi) is 7.29. The van der Waals surface area contributed by atoms with E-state index in [0.717, 1.165) is 46.5 Å². The number of aryl methyl sites for hydroxylation is 1. The number of nitrogens with zero attached hydrogens (tertiary/aromatic N) is 3. The number of allylic oxidation sites excluding steroid dienone is 1. The highest BCUT2D eigenvalue weighted by Gasteiger charge is 2.18. The van der Waals surface area contributed by atoms with Gasteiger partial charge in [-0.2, -0.15) is 0 Å². The molecule has 8 aromatic rings. The molecular formula is C46H33N3. The third-order valence-electron chi connectivity index (χ3n) is 9.52. The number of hydrogen-bond donors (Lipinski definition) is 0. The Morgan fingerprint density at radius 1 is 0.449 bits per heavy atom. The van der Waals surface area contributed by atoms with Crippen LogP contribution < -0.4 is 0 Å². The van der Waals surface area contributed by atoms with Crippen molar-refractivity contribution in [1.82, 2.24) is 14.5 Å². The first kappa shape index (κ1) is 28.9. The number of hydrogen-bond acceptors (Lipinski definition) is 2. The zero-order valence-corrected chi connectivity index (χ0v) is 27.0. The summed E-state index contributed by atoms with van der Waals surface area (Å²) >= 11 is 0. The summed E-state index contributed by atoms with van der Waals surface area (Å²) < 4.78 is 2.41. The van der Waals surface area contributed by atoms with Crippen LogP contribution in [0, 0.1) is 0 Å². The van der Waals surface area contributed by atoms with Crippen LogP contribution in [0.3, 0.4) is 0 Å². The molecule has 1 aliphatic rings. The van der Waals surface area contributed by atoms with Crippen molar-refractivity contribution in [2.24, 2.45) is 0 Å². The zero-order chi connectivity index (χ0) is 32.6. The highest BCUT2D eigenvalue weighted by molar-refractivity contribution is 5.91. The van der Waals surface area contributed by atoms with E-state index in [9.17, 15) is 0 Å². The SMILES string of the molecule is C1=Cc2c(c3ccccc3n2-c2ccc(-c3cccc(-c4ccc(-c5nc(-c6ccccc6)cc(-c6ccccc6)n5)cc4)c3)cc2)CC1. The summed E-state index contributed by atoms with van der Waals surface area (Å²) in [5.41, 5.74) is 14.9. The fourth-order valence-corrected chi connectivity index (χ4v) is 7.05. The summed E-state index contributed by atoms with van der Waals surface area (Å²) in [4.78, 5) is 10.0. The van der Waals surface area contributed by atoms with Crippen molar-refractivity contribution in [2.45, 2.75) is 12.8 Å². The molecule has 9 rings (SSSR count). The van der Waals surface area contributed by atoms with Crippen molar-refractivity contribution in [3.63, 3.8) is 0 Å². The Morgan fingerprint density at radius 3 is 1.65 bits per heavy atom. The Bertz CT molecular complexity index is 2400. The fourth-order valence-electron chi connectivity index (χ4n) is 7.05. The van der Waals surface area contributed by atoms with E-state index >= 15 is 0 Å². The van der Waals surface area contributed by atoms with Crippen LogP contribution in [0.4, 0.5) is 0 Å². The molecule has 0 saturated carbocycles. The summed E-state index contributed by atoms with van der Waals surface area (Å²) in [5.74, 6) is 0.716. The topological polar surface area (TPSA) is 30.7 Å². The van der Waals surface area contributed by atoms with E-state index in [1.54, 1.807) is 0 Å². The van der Waals surface area contributed by atoms with Crippen LogP contribution >= 0.6 is 0 Å². The summed E-state index contributed by atoms with van der Waals surface area (Å²) in [6.45, 7) is 0. The molecule has 1 aliphatic carbocycles. The van der Waals surface area contributed by atoms with Gasteiger partial charge in [0.15, 0.2) is 5.82 Å². The van der Waals surface area contributed by atoms with E-state index in [-0.39, 0.29) is 0 Å². The lowest BCUT2D eigenvalue weighted by atomic mass is 9.98. The van der Waals surface area contributed by atoms with Crippen LogP contribution in [-0.4, -0.2) is 14.5 Å². The summed E-state index contributed by atoms with van der Waals surface area (Å²) in [5, 5.41) is 1.36. The molecule has 2 heterocycles. The van der Waals surface area contributed by atoms with Gasteiger partial charge in [0, 0.05) is 33.5 Å². The monoisotopic (exact) mass is 627 g/mol. The summed E-state index contributed by atoms with van der Waals surface area (Å²) in [6, 6.07) is 57.9. The van der Waals surface area contributed by atoms with E-state index in [2.05, 4.69) is 144 Å². The Labute approximate surface area is 286 Å². The van der Waals surface area contributed by atoms with Gasteiger partial charge in [0.25, 0.3) is 0 Å². The first-order valence-electron chi connectivity index (χ1n) is 16.9. The fraction of sp³-hybridized carbons (Fsp3) is 0.0435. The van der Waals surface area contributed by atoms with Gasteiger partial charge in [-0.25, -0.2) is 9.97 Å². The van der Waals surface area contributed by atoms with Gasteiger partial charge in [-0.3, -0.25) is 0 Å². The molecule has 2 aromatic heterocycles. The lowest BCUT2D eigenvalue weighted by Gasteiger charge is -2.13. The minimum Gasteiger partial charge on any atom is -0.310 e. The molecule has 3 nitrogen and oxygen atoms in total. The minimum atomic E-state index is 0.716. The van der Waals surface area contributed by atoms with Gasteiger partial charge >= 0.3 is 0 Å². The van der Waals surface area contributed by atoms with Gasteiger partial charge in [0.1, 0.15) is 0 Å². The number of fused-ring (bicyclic) bond motifs is 3. The maximum absolute atomic E-state index is 5.00. The number of aromatic nitrogens is 3. The predicted octanol–water partition coefficient (Wildman–Crippen LogP) is 11.7. The van der Waals surface area contributed by atoms with Crippen LogP contribution in [0.2, 0.25) is 0 Å². The van der Waals surface area contributed by atoms with Gasteiger partial charge in [-0.05, 0) is 77.1 Å².